The highest BCUT2D eigenvalue weighted by Gasteiger charge is 2.24. The van der Waals surface area contributed by atoms with Crippen LogP contribution in [0.3, 0.4) is 0 Å². The van der Waals surface area contributed by atoms with Crippen molar-refractivity contribution in [2.75, 3.05) is 0 Å². The smallest absolute Gasteiger partial charge is 0.340 e. The molecule has 2 rings (SSSR count). The third-order valence-electron chi connectivity index (χ3n) is 2.90. The van der Waals surface area contributed by atoms with Crippen LogP contribution in [0.25, 0.3) is 0 Å². The van der Waals surface area contributed by atoms with Crippen LogP contribution < -0.4 is 0 Å². The molecule has 0 amide bonds. The van der Waals surface area contributed by atoms with Crippen molar-refractivity contribution in [2.45, 2.75) is 26.3 Å². The number of aromatic nitrogens is 2. The molecular formula is C14H14Cl2N2O2. The van der Waals surface area contributed by atoms with Crippen LogP contribution >= 0.6 is 23.2 Å². The van der Waals surface area contributed by atoms with Gasteiger partial charge in [0.2, 0.25) is 0 Å². The molecule has 0 spiro atoms. The summed E-state index contributed by atoms with van der Waals surface area (Å²) in [4.78, 5) is 11.3. The van der Waals surface area contributed by atoms with E-state index in [1.807, 2.05) is 26.0 Å². The van der Waals surface area contributed by atoms with Gasteiger partial charge in [0.05, 0.1) is 12.2 Å². The first-order valence-corrected chi connectivity index (χ1v) is 6.89. The Kier molecular flexibility index (Phi) is 4.35. The summed E-state index contributed by atoms with van der Waals surface area (Å²) in [6.45, 7) is 4.15. The molecule has 0 saturated heterocycles. The molecule has 1 heterocycles. The van der Waals surface area contributed by atoms with Crippen LogP contribution in [0.15, 0.2) is 24.3 Å². The van der Waals surface area contributed by atoms with E-state index in [9.17, 15) is 9.90 Å². The van der Waals surface area contributed by atoms with Crippen molar-refractivity contribution in [2.24, 2.45) is 0 Å². The summed E-state index contributed by atoms with van der Waals surface area (Å²) in [5, 5.41) is 14.3. The zero-order valence-electron chi connectivity index (χ0n) is 11.1. The molecule has 0 atom stereocenters. The topological polar surface area (TPSA) is 55.1 Å². The average Bonchev–Trinajstić information content (AvgIpc) is 2.67. The van der Waals surface area contributed by atoms with Crippen molar-refractivity contribution in [3.05, 3.63) is 51.3 Å². The summed E-state index contributed by atoms with van der Waals surface area (Å²) in [7, 11) is 0. The second kappa shape index (κ2) is 5.85. The number of hydrogen-bond donors (Lipinski definition) is 1. The van der Waals surface area contributed by atoms with Crippen LogP contribution in [-0.2, 0) is 6.54 Å². The number of carboxylic acids is 1. The van der Waals surface area contributed by atoms with E-state index >= 15 is 0 Å². The van der Waals surface area contributed by atoms with Crippen LogP contribution in [0.4, 0.5) is 0 Å². The first-order chi connectivity index (χ1) is 9.40. The van der Waals surface area contributed by atoms with Gasteiger partial charge in [-0.2, -0.15) is 5.10 Å². The first-order valence-electron chi connectivity index (χ1n) is 6.14. The van der Waals surface area contributed by atoms with Crippen LogP contribution in [0.5, 0.6) is 0 Å². The van der Waals surface area contributed by atoms with Gasteiger partial charge in [-0.15, -0.1) is 0 Å². The van der Waals surface area contributed by atoms with E-state index < -0.39 is 5.97 Å². The molecule has 0 bridgehead atoms. The van der Waals surface area contributed by atoms with Crippen LogP contribution in [0.1, 0.15) is 41.4 Å². The number of rotatable bonds is 4. The Hall–Kier alpha value is -1.52. The average molecular weight is 313 g/mol. The SMILES string of the molecule is CC(C)c1nn(Cc2cccc(Cl)c2)c(Cl)c1C(=O)O. The maximum atomic E-state index is 11.3. The molecule has 0 fully saturated rings. The van der Waals surface area contributed by atoms with Crippen molar-refractivity contribution < 1.29 is 9.90 Å². The number of halogens is 2. The highest BCUT2D eigenvalue weighted by Crippen LogP contribution is 2.26. The molecule has 0 unspecified atom stereocenters. The minimum Gasteiger partial charge on any atom is -0.478 e. The summed E-state index contributed by atoms with van der Waals surface area (Å²) >= 11 is 12.1. The lowest BCUT2D eigenvalue weighted by Gasteiger charge is -2.04. The highest BCUT2D eigenvalue weighted by atomic mass is 35.5. The standard InChI is InChI=1S/C14H14Cl2N2O2/c1-8(2)12-11(14(19)20)13(16)18(17-12)7-9-4-3-5-10(15)6-9/h3-6,8H,7H2,1-2H3,(H,19,20). The van der Waals surface area contributed by atoms with E-state index in [4.69, 9.17) is 23.2 Å². The molecule has 4 nitrogen and oxygen atoms in total. The van der Waals surface area contributed by atoms with E-state index in [1.54, 1.807) is 12.1 Å². The van der Waals surface area contributed by atoms with Crippen molar-refractivity contribution in [3.63, 3.8) is 0 Å². The zero-order chi connectivity index (χ0) is 14.9. The van der Waals surface area contributed by atoms with Gasteiger partial charge in [0, 0.05) is 5.02 Å². The van der Waals surface area contributed by atoms with Gasteiger partial charge < -0.3 is 5.11 Å². The van der Waals surface area contributed by atoms with Crippen molar-refractivity contribution in [1.29, 1.82) is 0 Å². The zero-order valence-corrected chi connectivity index (χ0v) is 12.6. The van der Waals surface area contributed by atoms with Gasteiger partial charge in [-0.05, 0) is 23.6 Å². The predicted octanol–water partition coefficient (Wildman–Crippen LogP) is 4.06. The van der Waals surface area contributed by atoms with E-state index in [0.717, 1.165) is 5.56 Å². The molecule has 106 valence electrons. The molecule has 20 heavy (non-hydrogen) atoms. The second-order valence-corrected chi connectivity index (χ2v) is 5.59. The van der Waals surface area contributed by atoms with Crippen LogP contribution in [0, 0.1) is 0 Å². The van der Waals surface area contributed by atoms with Crippen molar-refractivity contribution in [3.8, 4) is 0 Å². The fraction of sp³-hybridized carbons (Fsp3) is 0.286. The third-order valence-corrected chi connectivity index (χ3v) is 3.52. The van der Waals surface area contributed by atoms with Crippen molar-refractivity contribution >= 4 is 29.2 Å². The molecular weight excluding hydrogens is 299 g/mol. The Balaban J connectivity index is 2.43. The molecule has 0 aliphatic rings. The summed E-state index contributed by atoms with van der Waals surface area (Å²) in [5.41, 5.74) is 1.47. The number of carboxylic acid groups (broad SMARTS) is 1. The minimum absolute atomic E-state index is 0.0146. The lowest BCUT2D eigenvalue weighted by molar-refractivity contribution is 0.0695. The Morgan fingerprint density at radius 3 is 2.60 bits per heavy atom. The minimum atomic E-state index is -1.06. The quantitative estimate of drug-likeness (QED) is 0.926. The molecule has 1 N–H and O–H groups in total. The fourth-order valence-electron chi connectivity index (χ4n) is 1.97. The van der Waals surface area contributed by atoms with E-state index in [1.165, 1.54) is 4.68 Å². The summed E-state index contributed by atoms with van der Waals surface area (Å²) < 4.78 is 1.49. The van der Waals surface area contributed by atoms with Crippen LogP contribution in [0.2, 0.25) is 10.2 Å². The number of benzene rings is 1. The van der Waals surface area contributed by atoms with E-state index in [2.05, 4.69) is 5.10 Å². The van der Waals surface area contributed by atoms with Gasteiger partial charge in [-0.1, -0.05) is 49.2 Å². The monoisotopic (exact) mass is 312 g/mol. The highest BCUT2D eigenvalue weighted by molar-refractivity contribution is 6.32. The maximum Gasteiger partial charge on any atom is 0.340 e. The van der Waals surface area contributed by atoms with E-state index in [-0.39, 0.29) is 16.6 Å². The predicted molar refractivity (Wildman–Crippen MR) is 78.8 cm³/mol. The second-order valence-electron chi connectivity index (χ2n) is 4.80. The molecule has 1 aromatic heterocycles. The van der Waals surface area contributed by atoms with Crippen molar-refractivity contribution in [1.82, 2.24) is 9.78 Å². The normalized spacial score (nSPS) is 11.1. The molecule has 0 radical (unpaired) electrons. The fourth-order valence-corrected chi connectivity index (χ4v) is 2.46. The molecule has 2 aromatic rings. The van der Waals surface area contributed by atoms with Gasteiger partial charge in [0.25, 0.3) is 0 Å². The largest absolute Gasteiger partial charge is 0.478 e. The Bertz CT molecular complexity index is 651. The van der Waals surface area contributed by atoms with E-state index in [0.29, 0.717) is 17.3 Å². The summed E-state index contributed by atoms with van der Waals surface area (Å²) in [5.74, 6) is -1.07. The van der Waals surface area contributed by atoms with Gasteiger partial charge >= 0.3 is 5.97 Å². The number of hydrogen-bond acceptors (Lipinski definition) is 2. The lowest BCUT2D eigenvalue weighted by atomic mass is 10.1. The van der Waals surface area contributed by atoms with Gasteiger partial charge in [0.15, 0.2) is 0 Å². The Morgan fingerprint density at radius 1 is 1.40 bits per heavy atom. The molecule has 0 aliphatic heterocycles. The number of aromatic carboxylic acids is 1. The Morgan fingerprint density at radius 2 is 2.10 bits per heavy atom. The molecule has 0 aliphatic carbocycles. The number of nitrogens with zero attached hydrogens (tertiary/aromatic N) is 2. The maximum absolute atomic E-state index is 11.3. The molecule has 1 aromatic carbocycles. The lowest BCUT2D eigenvalue weighted by Crippen LogP contribution is -2.03. The van der Waals surface area contributed by atoms with Crippen LogP contribution in [-0.4, -0.2) is 20.9 Å². The first kappa shape index (κ1) is 14.9. The van der Waals surface area contributed by atoms with Gasteiger partial charge in [-0.3, -0.25) is 0 Å². The summed E-state index contributed by atoms with van der Waals surface area (Å²) in [6.07, 6.45) is 0. The summed E-state index contributed by atoms with van der Waals surface area (Å²) in [6, 6.07) is 7.29. The third kappa shape index (κ3) is 2.97. The van der Waals surface area contributed by atoms with Gasteiger partial charge in [-0.25, -0.2) is 9.48 Å². The Labute approximate surface area is 126 Å². The number of carbonyl (C=O) groups is 1. The van der Waals surface area contributed by atoms with Gasteiger partial charge in [0.1, 0.15) is 10.7 Å². The molecule has 6 heteroatoms. The molecule has 0 saturated carbocycles.